The van der Waals surface area contributed by atoms with Gasteiger partial charge >= 0.3 is 6.36 Å². The van der Waals surface area contributed by atoms with Crippen LogP contribution in [0.2, 0.25) is 0 Å². The summed E-state index contributed by atoms with van der Waals surface area (Å²) < 4.78 is 71.8. The van der Waals surface area contributed by atoms with Crippen LogP contribution in [0.3, 0.4) is 0 Å². The van der Waals surface area contributed by atoms with Crippen molar-refractivity contribution in [2.24, 2.45) is 0 Å². The van der Waals surface area contributed by atoms with Gasteiger partial charge in [-0.1, -0.05) is 12.1 Å². The number of ether oxygens (including phenoxy) is 2. The molecular weight excluding hydrogens is 371 g/mol. The molecule has 0 radical (unpaired) electrons. The van der Waals surface area contributed by atoms with E-state index in [1.807, 2.05) is 6.92 Å². The Balaban J connectivity index is 2.10. The van der Waals surface area contributed by atoms with Crippen molar-refractivity contribution in [1.82, 2.24) is 4.31 Å². The lowest BCUT2D eigenvalue weighted by Gasteiger charge is -2.18. The number of alkyl halides is 3. The van der Waals surface area contributed by atoms with Crippen LogP contribution in [0.25, 0.3) is 0 Å². The number of nitrogens with zero attached hydrogens (tertiary/aromatic N) is 1. The van der Waals surface area contributed by atoms with E-state index in [0.29, 0.717) is 12.4 Å². The average Bonchev–Trinajstić information content (AvgIpc) is 2.56. The van der Waals surface area contributed by atoms with Crippen molar-refractivity contribution in [2.45, 2.75) is 24.7 Å². The number of hydrogen-bond acceptors (Lipinski definition) is 4. The summed E-state index contributed by atoms with van der Waals surface area (Å²) >= 11 is 0. The van der Waals surface area contributed by atoms with E-state index in [0.717, 1.165) is 34.1 Å². The third kappa shape index (κ3) is 5.37. The quantitative estimate of drug-likeness (QED) is 0.723. The lowest BCUT2D eigenvalue weighted by Crippen LogP contribution is -2.26. The molecule has 0 aliphatic carbocycles. The van der Waals surface area contributed by atoms with Crippen molar-refractivity contribution >= 4 is 10.0 Å². The highest BCUT2D eigenvalue weighted by atomic mass is 32.2. The maximum atomic E-state index is 12.5. The first kappa shape index (κ1) is 20.1. The second-order valence-corrected chi connectivity index (χ2v) is 7.40. The Hall–Kier alpha value is -2.26. The normalized spacial score (nSPS) is 12.2. The zero-order chi connectivity index (χ0) is 19.4. The van der Waals surface area contributed by atoms with Crippen LogP contribution in [0, 0.1) is 0 Å². The second kappa shape index (κ2) is 7.96. The highest BCUT2D eigenvalue weighted by molar-refractivity contribution is 7.89. The highest BCUT2D eigenvalue weighted by Gasteiger charge is 2.31. The summed E-state index contributed by atoms with van der Waals surface area (Å²) in [6.07, 6.45) is -4.83. The largest absolute Gasteiger partial charge is 0.573 e. The van der Waals surface area contributed by atoms with Crippen LogP contribution in [0.4, 0.5) is 13.2 Å². The number of halogens is 3. The van der Waals surface area contributed by atoms with Gasteiger partial charge in [0.25, 0.3) is 0 Å². The van der Waals surface area contributed by atoms with Gasteiger partial charge in [0.2, 0.25) is 10.0 Å². The monoisotopic (exact) mass is 389 g/mol. The predicted molar refractivity (Wildman–Crippen MR) is 89.4 cm³/mol. The lowest BCUT2D eigenvalue weighted by molar-refractivity contribution is -0.274. The molecule has 0 N–H and O–H groups in total. The molecule has 0 atom stereocenters. The molecule has 2 rings (SSSR count). The molecule has 0 saturated carbocycles. The molecule has 2 aromatic carbocycles. The van der Waals surface area contributed by atoms with Gasteiger partial charge in [-0.25, -0.2) is 8.42 Å². The molecule has 9 heteroatoms. The fourth-order valence-electron chi connectivity index (χ4n) is 2.19. The van der Waals surface area contributed by atoms with Crippen LogP contribution in [0.15, 0.2) is 53.4 Å². The van der Waals surface area contributed by atoms with Gasteiger partial charge in [-0.3, -0.25) is 0 Å². The first-order chi connectivity index (χ1) is 12.1. The maximum absolute atomic E-state index is 12.5. The van der Waals surface area contributed by atoms with Crippen LogP contribution < -0.4 is 9.47 Å². The van der Waals surface area contributed by atoms with Gasteiger partial charge in [-0.15, -0.1) is 13.2 Å². The number of benzene rings is 2. The maximum Gasteiger partial charge on any atom is 0.573 e. The van der Waals surface area contributed by atoms with Crippen molar-refractivity contribution in [3.63, 3.8) is 0 Å². The van der Waals surface area contributed by atoms with E-state index in [2.05, 4.69) is 4.74 Å². The third-order valence-electron chi connectivity index (χ3n) is 3.41. The summed E-state index contributed by atoms with van der Waals surface area (Å²) in [7, 11) is -2.46. The minimum atomic E-state index is -4.83. The molecule has 0 aromatic heterocycles. The van der Waals surface area contributed by atoms with E-state index in [1.54, 1.807) is 24.3 Å². The molecule has 142 valence electrons. The van der Waals surface area contributed by atoms with E-state index in [-0.39, 0.29) is 11.4 Å². The zero-order valence-corrected chi connectivity index (χ0v) is 15.0. The predicted octanol–water partition coefficient (Wildman–Crippen LogP) is 3.80. The van der Waals surface area contributed by atoms with Gasteiger partial charge in [0, 0.05) is 13.6 Å². The van der Waals surface area contributed by atoms with Crippen LogP contribution in [-0.4, -0.2) is 32.7 Å². The van der Waals surface area contributed by atoms with Crippen LogP contribution in [-0.2, 0) is 16.6 Å². The summed E-state index contributed by atoms with van der Waals surface area (Å²) in [6, 6.07) is 11.0. The van der Waals surface area contributed by atoms with Gasteiger partial charge in [0.15, 0.2) is 0 Å². The van der Waals surface area contributed by atoms with Crippen molar-refractivity contribution in [2.75, 3.05) is 13.7 Å². The fourth-order valence-corrected chi connectivity index (χ4v) is 3.35. The first-order valence-corrected chi connectivity index (χ1v) is 9.09. The fraction of sp³-hybridized carbons (Fsp3) is 0.294. The van der Waals surface area contributed by atoms with E-state index >= 15 is 0 Å². The van der Waals surface area contributed by atoms with Crippen LogP contribution in [0.5, 0.6) is 11.5 Å². The SMILES string of the molecule is CCOc1ccc(CN(C)S(=O)(=O)c2ccc(OC(F)(F)F)cc2)cc1. The minimum absolute atomic E-state index is 0.107. The first-order valence-electron chi connectivity index (χ1n) is 7.65. The smallest absolute Gasteiger partial charge is 0.494 e. The number of hydrogen-bond donors (Lipinski definition) is 0. The molecule has 26 heavy (non-hydrogen) atoms. The molecule has 0 aliphatic rings. The van der Waals surface area contributed by atoms with E-state index in [1.165, 1.54) is 7.05 Å². The van der Waals surface area contributed by atoms with Crippen molar-refractivity contribution in [3.8, 4) is 11.5 Å². The average molecular weight is 389 g/mol. The molecule has 2 aromatic rings. The minimum Gasteiger partial charge on any atom is -0.494 e. The number of sulfonamides is 1. The molecule has 0 amide bonds. The summed E-state index contributed by atoms with van der Waals surface area (Å²) in [5.41, 5.74) is 0.747. The van der Waals surface area contributed by atoms with Gasteiger partial charge in [-0.05, 0) is 48.9 Å². The molecule has 0 spiro atoms. The van der Waals surface area contributed by atoms with Gasteiger partial charge in [-0.2, -0.15) is 4.31 Å². The van der Waals surface area contributed by atoms with Crippen molar-refractivity contribution in [1.29, 1.82) is 0 Å². The zero-order valence-electron chi connectivity index (χ0n) is 14.2. The molecule has 0 fully saturated rings. The Kier molecular flexibility index (Phi) is 6.14. The second-order valence-electron chi connectivity index (χ2n) is 5.36. The van der Waals surface area contributed by atoms with Gasteiger partial charge in [0.1, 0.15) is 11.5 Å². The Bertz CT molecular complexity index is 819. The van der Waals surface area contributed by atoms with Crippen molar-refractivity contribution < 1.29 is 31.1 Å². The summed E-state index contributed by atoms with van der Waals surface area (Å²) in [6.45, 7) is 2.50. The topological polar surface area (TPSA) is 55.8 Å². The van der Waals surface area contributed by atoms with Gasteiger partial charge in [0.05, 0.1) is 11.5 Å². The van der Waals surface area contributed by atoms with Crippen LogP contribution >= 0.6 is 0 Å². The molecular formula is C17H18F3NO4S. The Morgan fingerprint density at radius 1 is 0.962 bits per heavy atom. The van der Waals surface area contributed by atoms with Crippen LogP contribution in [0.1, 0.15) is 12.5 Å². The molecule has 0 heterocycles. The molecule has 0 unspecified atom stereocenters. The molecule has 0 bridgehead atoms. The third-order valence-corrected chi connectivity index (χ3v) is 5.22. The van der Waals surface area contributed by atoms with E-state index in [9.17, 15) is 21.6 Å². The van der Waals surface area contributed by atoms with E-state index in [4.69, 9.17) is 4.74 Å². The summed E-state index contributed by atoms with van der Waals surface area (Å²) in [5.74, 6) is 0.202. The lowest BCUT2D eigenvalue weighted by atomic mass is 10.2. The summed E-state index contributed by atoms with van der Waals surface area (Å²) in [5, 5.41) is 0. The summed E-state index contributed by atoms with van der Waals surface area (Å²) in [4.78, 5) is -0.125. The molecule has 5 nitrogen and oxygen atoms in total. The Morgan fingerprint density at radius 3 is 2.00 bits per heavy atom. The standard InChI is InChI=1S/C17H18F3NO4S/c1-3-24-14-6-4-13(5-7-14)12-21(2)26(22,23)16-10-8-15(9-11-16)25-17(18,19)20/h4-11H,3,12H2,1-2H3. The highest BCUT2D eigenvalue weighted by Crippen LogP contribution is 2.25. The van der Waals surface area contributed by atoms with Gasteiger partial charge < -0.3 is 9.47 Å². The Labute approximate surface area is 150 Å². The van der Waals surface area contributed by atoms with E-state index < -0.39 is 22.1 Å². The molecule has 0 saturated heterocycles. The number of rotatable bonds is 7. The molecule has 0 aliphatic heterocycles. The Morgan fingerprint density at radius 2 is 1.50 bits per heavy atom. The van der Waals surface area contributed by atoms with Crippen molar-refractivity contribution in [3.05, 3.63) is 54.1 Å².